The molecule has 0 bridgehead atoms. The van der Waals surface area contributed by atoms with Gasteiger partial charge in [-0.3, -0.25) is 4.79 Å². The normalized spacial score (nSPS) is 25.8. The fourth-order valence-corrected chi connectivity index (χ4v) is 5.21. The fourth-order valence-electron chi connectivity index (χ4n) is 2.74. The third-order valence-corrected chi connectivity index (χ3v) is 6.29. The summed E-state index contributed by atoms with van der Waals surface area (Å²) < 4.78 is 29.7. The minimum Gasteiger partial charge on any atom is -0.488 e. The molecule has 1 aromatic rings. The van der Waals surface area contributed by atoms with Gasteiger partial charge in [0, 0.05) is 10.0 Å². The largest absolute Gasteiger partial charge is 0.488 e. The van der Waals surface area contributed by atoms with Crippen LogP contribution in [0.3, 0.4) is 0 Å². The van der Waals surface area contributed by atoms with E-state index in [9.17, 15) is 13.2 Å². The smallest absolute Gasteiger partial charge is 0.251 e. The Kier molecular flexibility index (Phi) is 3.81. The molecule has 0 unspecified atom stereocenters. The van der Waals surface area contributed by atoms with Crippen molar-refractivity contribution in [3.05, 3.63) is 33.8 Å². The molecule has 1 amide bonds. The molecule has 1 atom stereocenters. The summed E-state index contributed by atoms with van der Waals surface area (Å²) in [7, 11) is -3.06. The molecular weight excluding hydrogens is 370 g/mol. The van der Waals surface area contributed by atoms with Crippen LogP contribution in [0.1, 0.15) is 18.9 Å². The predicted octanol–water partition coefficient (Wildman–Crippen LogP) is 1.92. The molecule has 1 N–H and O–H groups in total. The summed E-state index contributed by atoms with van der Waals surface area (Å²) in [6, 6.07) is 5.60. The molecule has 1 fully saturated rings. The number of ether oxygens (including phenoxy) is 1. The van der Waals surface area contributed by atoms with Crippen molar-refractivity contribution in [3.8, 4) is 5.75 Å². The van der Waals surface area contributed by atoms with Crippen LogP contribution in [0, 0.1) is 0 Å². The zero-order chi connectivity index (χ0) is 16.0. The van der Waals surface area contributed by atoms with Gasteiger partial charge in [0.15, 0.2) is 9.84 Å². The summed E-state index contributed by atoms with van der Waals surface area (Å²) in [5, 5.41) is 2.85. The first-order valence-electron chi connectivity index (χ1n) is 6.92. The van der Waals surface area contributed by atoms with E-state index in [1.165, 1.54) is 0 Å². The van der Waals surface area contributed by atoms with Gasteiger partial charge in [0.2, 0.25) is 0 Å². The SMILES string of the molecule is C[C@@]1(NC(=O)C2=Cc3cc(Br)ccc3OC2)CCS(=O)(=O)C1. The molecule has 1 saturated heterocycles. The van der Waals surface area contributed by atoms with Crippen LogP contribution in [0.25, 0.3) is 6.08 Å². The molecule has 22 heavy (non-hydrogen) atoms. The van der Waals surface area contributed by atoms with Crippen molar-refractivity contribution in [2.24, 2.45) is 0 Å². The van der Waals surface area contributed by atoms with E-state index in [1.54, 1.807) is 13.0 Å². The quantitative estimate of drug-likeness (QED) is 0.843. The maximum Gasteiger partial charge on any atom is 0.251 e. The van der Waals surface area contributed by atoms with E-state index < -0.39 is 15.4 Å². The first-order valence-corrected chi connectivity index (χ1v) is 9.54. The second-order valence-corrected chi connectivity index (χ2v) is 9.10. The highest BCUT2D eigenvalue weighted by atomic mass is 79.9. The lowest BCUT2D eigenvalue weighted by Crippen LogP contribution is -2.48. The average Bonchev–Trinajstić information content (AvgIpc) is 2.71. The molecule has 0 aliphatic carbocycles. The minimum absolute atomic E-state index is 0.0119. The molecule has 5 nitrogen and oxygen atoms in total. The second kappa shape index (κ2) is 5.38. The molecule has 118 valence electrons. The van der Waals surface area contributed by atoms with Gasteiger partial charge in [-0.05, 0) is 37.6 Å². The first-order chi connectivity index (χ1) is 10.3. The Labute approximate surface area is 137 Å². The highest BCUT2D eigenvalue weighted by molar-refractivity contribution is 9.10. The third kappa shape index (κ3) is 3.20. The van der Waals surface area contributed by atoms with Gasteiger partial charge in [-0.2, -0.15) is 0 Å². The van der Waals surface area contributed by atoms with Gasteiger partial charge in [-0.15, -0.1) is 0 Å². The third-order valence-electron chi connectivity index (χ3n) is 3.90. The lowest BCUT2D eigenvalue weighted by atomic mass is 10.0. The molecule has 3 rings (SSSR count). The van der Waals surface area contributed by atoms with Gasteiger partial charge < -0.3 is 10.1 Å². The molecule has 2 aliphatic heterocycles. The Morgan fingerprint density at radius 3 is 2.86 bits per heavy atom. The number of hydrogen-bond acceptors (Lipinski definition) is 4. The maximum absolute atomic E-state index is 12.4. The summed E-state index contributed by atoms with van der Waals surface area (Å²) in [5.41, 5.74) is 0.625. The zero-order valence-electron chi connectivity index (χ0n) is 12.1. The van der Waals surface area contributed by atoms with Crippen LogP contribution < -0.4 is 10.1 Å². The number of rotatable bonds is 2. The number of carbonyl (C=O) groups excluding carboxylic acids is 1. The topological polar surface area (TPSA) is 72.5 Å². The predicted molar refractivity (Wildman–Crippen MR) is 87.4 cm³/mol. The van der Waals surface area contributed by atoms with E-state index in [1.807, 2.05) is 18.2 Å². The summed E-state index contributed by atoms with van der Waals surface area (Å²) in [6.45, 7) is 1.95. The Balaban J connectivity index is 1.79. The van der Waals surface area contributed by atoms with E-state index in [0.29, 0.717) is 12.0 Å². The van der Waals surface area contributed by atoms with Gasteiger partial charge in [0.25, 0.3) is 5.91 Å². The van der Waals surface area contributed by atoms with Gasteiger partial charge in [-0.25, -0.2) is 8.42 Å². The van der Waals surface area contributed by atoms with Crippen molar-refractivity contribution < 1.29 is 17.9 Å². The Bertz CT molecular complexity index is 772. The number of fused-ring (bicyclic) bond motifs is 1. The number of halogens is 1. The van der Waals surface area contributed by atoms with Crippen molar-refractivity contribution in [2.45, 2.75) is 18.9 Å². The molecule has 0 spiro atoms. The van der Waals surface area contributed by atoms with Crippen LogP contribution in [0.15, 0.2) is 28.2 Å². The Morgan fingerprint density at radius 2 is 2.18 bits per heavy atom. The number of carbonyl (C=O) groups is 1. The van der Waals surface area contributed by atoms with E-state index >= 15 is 0 Å². The highest BCUT2D eigenvalue weighted by Gasteiger charge is 2.40. The number of nitrogens with one attached hydrogen (secondary N) is 1. The highest BCUT2D eigenvalue weighted by Crippen LogP contribution is 2.30. The lowest BCUT2D eigenvalue weighted by molar-refractivity contribution is -0.119. The molecule has 0 radical (unpaired) electrons. The Morgan fingerprint density at radius 1 is 1.41 bits per heavy atom. The molecule has 0 aromatic heterocycles. The fraction of sp³-hybridized carbons (Fsp3) is 0.400. The number of sulfone groups is 1. The number of amides is 1. The maximum atomic E-state index is 12.4. The van der Waals surface area contributed by atoms with Crippen molar-refractivity contribution in [1.82, 2.24) is 5.32 Å². The summed E-state index contributed by atoms with van der Waals surface area (Å²) >= 11 is 3.39. The van der Waals surface area contributed by atoms with E-state index in [4.69, 9.17) is 4.74 Å². The Hall–Kier alpha value is -1.34. The van der Waals surface area contributed by atoms with Gasteiger partial charge in [0.1, 0.15) is 12.4 Å². The molecule has 0 saturated carbocycles. The summed E-state index contributed by atoms with van der Waals surface area (Å²) in [5.74, 6) is 0.566. The molecule has 7 heteroatoms. The van der Waals surface area contributed by atoms with Gasteiger partial charge in [0.05, 0.1) is 22.6 Å². The van der Waals surface area contributed by atoms with E-state index in [-0.39, 0.29) is 24.0 Å². The minimum atomic E-state index is -3.06. The number of hydrogen-bond donors (Lipinski definition) is 1. The van der Waals surface area contributed by atoms with Crippen molar-refractivity contribution in [1.29, 1.82) is 0 Å². The molecule has 2 heterocycles. The summed E-state index contributed by atoms with van der Waals surface area (Å²) in [6.07, 6.45) is 2.23. The van der Waals surface area contributed by atoms with Crippen molar-refractivity contribution >= 4 is 37.8 Å². The second-order valence-electron chi connectivity index (χ2n) is 6.00. The molecule has 2 aliphatic rings. The average molecular weight is 386 g/mol. The molecular formula is C15H16BrNO4S. The zero-order valence-corrected chi connectivity index (χ0v) is 14.5. The van der Waals surface area contributed by atoms with Crippen molar-refractivity contribution in [2.75, 3.05) is 18.1 Å². The van der Waals surface area contributed by atoms with Crippen LogP contribution >= 0.6 is 15.9 Å². The van der Waals surface area contributed by atoms with Crippen LogP contribution in [-0.4, -0.2) is 38.0 Å². The van der Waals surface area contributed by atoms with Crippen LogP contribution in [0.2, 0.25) is 0 Å². The van der Waals surface area contributed by atoms with Crippen LogP contribution in [0.4, 0.5) is 0 Å². The number of benzene rings is 1. The monoisotopic (exact) mass is 385 g/mol. The van der Waals surface area contributed by atoms with Gasteiger partial charge >= 0.3 is 0 Å². The van der Waals surface area contributed by atoms with Gasteiger partial charge in [-0.1, -0.05) is 15.9 Å². The standard InChI is InChI=1S/C15H16BrNO4S/c1-15(4-5-22(19,20)9-15)17-14(18)11-6-10-7-12(16)2-3-13(10)21-8-11/h2-3,6-7H,4-5,8-9H2,1H3,(H,17,18)/t15-/m1/s1. The van der Waals surface area contributed by atoms with Crippen molar-refractivity contribution in [3.63, 3.8) is 0 Å². The lowest BCUT2D eigenvalue weighted by Gasteiger charge is -2.26. The summed E-state index contributed by atoms with van der Waals surface area (Å²) in [4.78, 5) is 12.4. The van der Waals surface area contributed by atoms with E-state index in [0.717, 1.165) is 15.8 Å². The van der Waals surface area contributed by atoms with E-state index in [2.05, 4.69) is 21.2 Å². The molecule has 1 aromatic carbocycles. The van der Waals surface area contributed by atoms with Crippen LogP contribution in [-0.2, 0) is 14.6 Å². The first kappa shape index (κ1) is 15.6. The van der Waals surface area contributed by atoms with Crippen LogP contribution in [0.5, 0.6) is 5.75 Å².